The second kappa shape index (κ2) is 6.36. The molecule has 1 aromatic rings. The summed E-state index contributed by atoms with van der Waals surface area (Å²) >= 11 is 3.42. The third-order valence-corrected chi connectivity index (χ3v) is 3.86. The molecule has 1 aromatic carbocycles. The van der Waals surface area contributed by atoms with Gasteiger partial charge in [0.25, 0.3) is 0 Å². The average Bonchev–Trinajstić information content (AvgIpc) is 2.42. The van der Waals surface area contributed by atoms with Crippen LogP contribution < -0.4 is 4.74 Å². The number of hydrogen-bond acceptors (Lipinski definition) is 4. The van der Waals surface area contributed by atoms with Gasteiger partial charge < -0.3 is 14.6 Å². The van der Waals surface area contributed by atoms with E-state index in [9.17, 15) is 9.90 Å². The maximum atomic E-state index is 11.6. The molecule has 1 heterocycles. The van der Waals surface area contributed by atoms with Crippen LogP contribution in [0.1, 0.15) is 11.6 Å². The van der Waals surface area contributed by atoms with Crippen molar-refractivity contribution in [3.63, 3.8) is 0 Å². The zero-order valence-electron chi connectivity index (χ0n) is 10.6. The molecule has 1 N–H and O–H groups in total. The van der Waals surface area contributed by atoms with Crippen LogP contribution in [-0.4, -0.2) is 49.4 Å². The molecule has 1 atom stereocenters. The van der Waals surface area contributed by atoms with E-state index in [2.05, 4.69) is 15.9 Å². The molecule has 0 aromatic heterocycles. The number of ether oxygens (including phenoxy) is 2. The van der Waals surface area contributed by atoms with Crippen LogP contribution in [0.25, 0.3) is 0 Å². The Balaban J connectivity index is 2.35. The number of nitrogens with zero attached hydrogens (tertiary/aromatic N) is 1. The molecule has 1 aliphatic heterocycles. The van der Waals surface area contributed by atoms with Gasteiger partial charge in [-0.15, -0.1) is 0 Å². The minimum atomic E-state index is -0.865. The van der Waals surface area contributed by atoms with Gasteiger partial charge in [0.05, 0.1) is 20.3 Å². The second-order valence-electron chi connectivity index (χ2n) is 4.28. The first-order valence-corrected chi connectivity index (χ1v) is 6.81. The number of benzene rings is 1. The Morgan fingerprint density at radius 2 is 2.16 bits per heavy atom. The Labute approximate surface area is 120 Å². The third kappa shape index (κ3) is 3.26. The normalized spacial score (nSPS) is 18.0. The van der Waals surface area contributed by atoms with E-state index in [0.717, 1.165) is 4.47 Å². The summed E-state index contributed by atoms with van der Waals surface area (Å²) in [6.45, 7) is 2.35. The molecule has 1 aliphatic rings. The number of halogens is 1. The zero-order chi connectivity index (χ0) is 13.8. The fourth-order valence-corrected chi connectivity index (χ4v) is 2.64. The Morgan fingerprint density at radius 1 is 1.47 bits per heavy atom. The lowest BCUT2D eigenvalue weighted by Crippen LogP contribution is -2.42. The highest BCUT2D eigenvalue weighted by molar-refractivity contribution is 9.10. The van der Waals surface area contributed by atoms with Crippen molar-refractivity contribution >= 4 is 21.9 Å². The van der Waals surface area contributed by atoms with Gasteiger partial charge in [-0.3, -0.25) is 9.69 Å². The molecular weight excluding hydrogens is 314 g/mol. The fourth-order valence-electron chi connectivity index (χ4n) is 2.18. The van der Waals surface area contributed by atoms with Gasteiger partial charge in [0, 0.05) is 17.6 Å². The highest BCUT2D eigenvalue weighted by Gasteiger charge is 2.30. The van der Waals surface area contributed by atoms with Crippen molar-refractivity contribution in [1.29, 1.82) is 0 Å². The number of rotatable bonds is 4. The quantitative estimate of drug-likeness (QED) is 0.914. The molecule has 6 heteroatoms. The van der Waals surface area contributed by atoms with E-state index < -0.39 is 12.0 Å². The lowest BCUT2D eigenvalue weighted by Gasteiger charge is -2.32. The smallest absolute Gasteiger partial charge is 0.325 e. The fraction of sp³-hybridized carbons (Fsp3) is 0.462. The Bertz CT molecular complexity index is 460. The molecular formula is C13H16BrNO4. The van der Waals surface area contributed by atoms with Gasteiger partial charge in [0.2, 0.25) is 0 Å². The number of hydrogen-bond donors (Lipinski definition) is 1. The van der Waals surface area contributed by atoms with Crippen molar-refractivity contribution in [3.05, 3.63) is 28.2 Å². The molecule has 5 nitrogen and oxygen atoms in total. The lowest BCUT2D eigenvalue weighted by atomic mass is 10.0. The Hall–Kier alpha value is -1.11. The van der Waals surface area contributed by atoms with E-state index in [-0.39, 0.29) is 0 Å². The van der Waals surface area contributed by atoms with Crippen LogP contribution in [-0.2, 0) is 9.53 Å². The first-order chi connectivity index (χ1) is 9.13. The molecule has 0 saturated carbocycles. The van der Waals surface area contributed by atoms with Crippen LogP contribution in [0.4, 0.5) is 0 Å². The van der Waals surface area contributed by atoms with Gasteiger partial charge >= 0.3 is 5.97 Å². The van der Waals surface area contributed by atoms with E-state index in [0.29, 0.717) is 37.6 Å². The predicted molar refractivity (Wildman–Crippen MR) is 73.5 cm³/mol. The monoisotopic (exact) mass is 329 g/mol. The summed E-state index contributed by atoms with van der Waals surface area (Å²) in [5.74, 6) is -0.214. The van der Waals surface area contributed by atoms with E-state index >= 15 is 0 Å². The SMILES string of the molecule is COc1ccc(Br)c(C(C(=O)O)N2CCOCC2)c1. The van der Waals surface area contributed by atoms with E-state index in [1.165, 1.54) is 0 Å². The molecule has 1 saturated heterocycles. The van der Waals surface area contributed by atoms with Crippen molar-refractivity contribution in [1.82, 2.24) is 4.90 Å². The molecule has 1 unspecified atom stereocenters. The standard InChI is InChI=1S/C13H16BrNO4/c1-18-9-2-3-11(14)10(8-9)12(13(16)17)15-4-6-19-7-5-15/h2-3,8,12H,4-7H2,1H3,(H,16,17). The van der Waals surface area contributed by atoms with E-state index in [1.54, 1.807) is 19.2 Å². The molecule has 2 rings (SSSR count). The van der Waals surface area contributed by atoms with Gasteiger partial charge in [-0.1, -0.05) is 15.9 Å². The molecule has 19 heavy (non-hydrogen) atoms. The second-order valence-corrected chi connectivity index (χ2v) is 5.13. The highest BCUT2D eigenvalue weighted by Crippen LogP contribution is 2.31. The summed E-state index contributed by atoms with van der Waals surface area (Å²) in [6.07, 6.45) is 0. The van der Waals surface area contributed by atoms with Crippen LogP contribution in [0.2, 0.25) is 0 Å². The van der Waals surface area contributed by atoms with Crippen LogP contribution in [0.5, 0.6) is 5.75 Å². The number of carbonyl (C=O) groups is 1. The molecule has 0 amide bonds. The minimum absolute atomic E-state index is 0.561. The first-order valence-electron chi connectivity index (χ1n) is 6.01. The van der Waals surface area contributed by atoms with E-state index in [4.69, 9.17) is 9.47 Å². The minimum Gasteiger partial charge on any atom is -0.497 e. The summed E-state index contributed by atoms with van der Waals surface area (Å²) in [5.41, 5.74) is 0.703. The molecule has 104 valence electrons. The topological polar surface area (TPSA) is 59.0 Å². The molecule has 0 bridgehead atoms. The summed E-state index contributed by atoms with van der Waals surface area (Å²) < 4.78 is 11.2. The summed E-state index contributed by atoms with van der Waals surface area (Å²) in [7, 11) is 1.57. The van der Waals surface area contributed by atoms with Crippen LogP contribution >= 0.6 is 15.9 Å². The number of morpholine rings is 1. The maximum absolute atomic E-state index is 11.6. The van der Waals surface area contributed by atoms with Gasteiger partial charge in [0.1, 0.15) is 11.8 Å². The molecule has 0 radical (unpaired) electrons. The van der Waals surface area contributed by atoms with Gasteiger partial charge in [0.15, 0.2) is 0 Å². The number of aliphatic carboxylic acids is 1. The van der Waals surface area contributed by atoms with Crippen LogP contribution in [0.15, 0.2) is 22.7 Å². The number of carboxylic acids is 1. The largest absolute Gasteiger partial charge is 0.497 e. The van der Waals surface area contributed by atoms with Crippen molar-refractivity contribution < 1.29 is 19.4 Å². The van der Waals surface area contributed by atoms with Crippen LogP contribution in [0, 0.1) is 0 Å². The third-order valence-electron chi connectivity index (χ3n) is 3.14. The number of carboxylic acid groups (broad SMARTS) is 1. The first kappa shape index (κ1) is 14.3. The van der Waals surface area contributed by atoms with Crippen molar-refractivity contribution in [2.75, 3.05) is 33.4 Å². The van der Waals surface area contributed by atoms with Gasteiger partial charge in [-0.05, 0) is 23.8 Å². The highest BCUT2D eigenvalue weighted by atomic mass is 79.9. The van der Waals surface area contributed by atoms with Crippen molar-refractivity contribution in [2.24, 2.45) is 0 Å². The summed E-state index contributed by atoms with van der Waals surface area (Å²) in [4.78, 5) is 13.5. The Morgan fingerprint density at radius 3 is 2.74 bits per heavy atom. The average molecular weight is 330 g/mol. The van der Waals surface area contributed by atoms with Gasteiger partial charge in [-0.2, -0.15) is 0 Å². The zero-order valence-corrected chi connectivity index (χ0v) is 12.2. The molecule has 1 fully saturated rings. The lowest BCUT2D eigenvalue weighted by molar-refractivity contribution is -0.145. The molecule has 0 spiro atoms. The van der Waals surface area contributed by atoms with E-state index in [1.807, 2.05) is 11.0 Å². The predicted octanol–water partition coefficient (Wildman–Crippen LogP) is 1.92. The molecule has 0 aliphatic carbocycles. The van der Waals surface area contributed by atoms with Crippen molar-refractivity contribution in [2.45, 2.75) is 6.04 Å². The number of methoxy groups -OCH3 is 1. The van der Waals surface area contributed by atoms with Crippen LogP contribution in [0.3, 0.4) is 0 Å². The summed E-state index contributed by atoms with van der Waals surface area (Å²) in [6, 6.07) is 4.68. The summed E-state index contributed by atoms with van der Waals surface area (Å²) in [5, 5.41) is 9.52. The maximum Gasteiger partial charge on any atom is 0.325 e. The Kier molecular flexibility index (Phi) is 4.79. The van der Waals surface area contributed by atoms with Crippen molar-refractivity contribution in [3.8, 4) is 5.75 Å². The van der Waals surface area contributed by atoms with Gasteiger partial charge in [-0.25, -0.2) is 0 Å².